The molecule has 118 valence electrons. The van der Waals surface area contributed by atoms with Gasteiger partial charge in [-0.3, -0.25) is 0 Å². The molecule has 2 rings (SSSR count). The Kier molecular flexibility index (Phi) is 6.22. The van der Waals surface area contributed by atoms with Crippen molar-refractivity contribution in [3.8, 4) is 0 Å². The smallest absolute Gasteiger partial charge is 0.179 e. The predicted octanol–water partition coefficient (Wildman–Crippen LogP) is 2.30. The number of halogens is 1. The molecule has 0 aromatic heterocycles. The second-order valence-corrected chi connectivity index (χ2v) is 8.71. The Labute approximate surface area is 136 Å². The molecular weight excluding hydrogens is 352 g/mol. The molecule has 1 unspecified atom stereocenters. The molecule has 1 aliphatic rings. The molecule has 0 bridgehead atoms. The Morgan fingerprint density at radius 2 is 2.00 bits per heavy atom. The van der Waals surface area contributed by atoms with Crippen molar-refractivity contribution in [2.75, 3.05) is 32.4 Å². The summed E-state index contributed by atoms with van der Waals surface area (Å²) in [5.41, 5.74) is 0. The van der Waals surface area contributed by atoms with Gasteiger partial charge in [0.25, 0.3) is 0 Å². The second-order valence-electron chi connectivity index (χ2n) is 5.68. The van der Waals surface area contributed by atoms with Gasteiger partial charge in [-0.05, 0) is 50.7 Å². The summed E-state index contributed by atoms with van der Waals surface area (Å²) in [6.07, 6.45) is 3.70. The van der Waals surface area contributed by atoms with Gasteiger partial charge in [0.05, 0.1) is 10.6 Å². The normalized spacial score (nSPS) is 19.9. The van der Waals surface area contributed by atoms with E-state index in [1.807, 2.05) is 7.05 Å². The Morgan fingerprint density at radius 1 is 1.29 bits per heavy atom. The van der Waals surface area contributed by atoms with E-state index in [2.05, 4.69) is 26.1 Å². The Balaban J connectivity index is 1.84. The van der Waals surface area contributed by atoms with Gasteiger partial charge in [0.1, 0.15) is 0 Å². The van der Waals surface area contributed by atoms with Crippen molar-refractivity contribution in [3.05, 3.63) is 28.7 Å². The van der Waals surface area contributed by atoms with Gasteiger partial charge in [0, 0.05) is 23.6 Å². The minimum Gasteiger partial charge on any atom is -0.313 e. The highest BCUT2D eigenvalue weighted by atomic mass is 79.9. The molecule has 1 fully saturated rings. The van der Waals surface area contributed by atoms with Crippen molar-refractivity contribution in [2.45, 2.75) is 30.2 Å². The standard InChI is InChI=1S/C15H23BrN2O2S/c1-18(12-14-4-2-3-9-17-14)10-11-21(19,20)15-7-5-13(16)6-8-15/h5-8,14,17H,2-4,9-12H2,1H3. The number of rotatable bonds is 6. The first-order valence-corrected chi connectivity index (χ1v) is 9.82. The lowest BCUT2D eigenvalue weighted by atomic mass is 10.0. The van der Waals surface area contributed by atoms with E-state index in [0.717, 1.165) is 17.6 Å². The number of benzene rings is 1. The number of likely N-dealkylation sites (N-methyl/N-ethyl adjacent to an activating group) is 1. The fourth-order valence-electron chi connectivity index (χ4n) is 2.58. The third kappa shape index (κ3) is 5.36. The molecule has 4 nitrogen and oxygen atoms in total. The van der Waals surface area contributed by atoms with E-state index in [4.69, 9.17) is 0 Å². The van der Waals surface area contributed by atoms with Crippen LogP contribution in [0.5, 0.6) is 0 Å². The average Bonchev–Trinajstić information content (AvgIpc) is 2.47. The van der Waals surface area contributed by atoms with Gasteiger partial charge >= 0.3 is 0 Å². The number of sulfone groups is 1. The lowest BCUT2D eigenvalue weighted by molar-refractivity contribution is 0.272. The van der Waals surface area contributed by atoms with Crippen LogP contribution in [0.4, 0.5) is 0 Å². The minimum atomic E-state index is -3.20. The molecule has 1 atom stereocenters. The number of hydrogen-bond acceptors (Lipinski definition) is 4. The van der Waals surface area contributed by atoms with Gasteiger partial charge in [0.15, 0.2) is 9.84 Å². The maximum absolute atomic E-state index is 12.3. The van der Waals surface area contributed by atoms with Crippen LogP contribution in [0, 0.1) is 0 Å². The van der Waals surface area contributed by atoms with E-state index in [9.17, 15) is 8.42 Å². The maximum atomic E-state index is 12.3. The zero-order chi connectivity index (χ0) is 15.3. The molecule has 0 saturated carbocycles. The largest absolute Gasteiger partial charge is 0.313 e. The van der Waals surface area contributed by atoms with Crippen LogP contribution < -0.4 is 5.32 Å². The first-order valence-electron chi connectivity index (χ1n) is 7.37. The van der Waals surface area contributed by atoms with E-state index >= 15 is 0 Å². The highest BCUT2D eigenvalue weighted by Crippen LogP contribution is 2.16. The Hall–Kier alpha value is -0.430. The Morgan fingerprint density at radius 3 is 2.62 bits per heavy atom. The van der Waals surface area contributed by atoms with Crippen LogP contribution in [-0.4, -0.2) is 51.8 Å². The lowest BCUT2D eigenvalue weighted by Crippen LogP contribution is -2.43. The van der Waals surface area contributed by atoms with Crippen LogP contribution in [-0.2, 0) is 9.84 Å². The predicted molar refractivity (Wildman–Crippen MR) is 89.3 cm³/mol. The number of hydrogen-bond donors (Lipinski definition) is 1. The van der Waals surface area contributed by atoms with Gasteiger partial charge in [-0.15, -0.1) is 0 Å². The van der Waals surface area contributed by atoms with Gasteiger partial charge in [-0.2, -0.15) is 0 Å². The van der Waals surface area contributed by atoms with Crippen LogP contribution in [0.1, 0.15) is 19.3 Å². The molecule has 0 amide bonds. The van der Waals surface area contributed by atoms with Gasteiger partial charge in [-0.1, -0.05) is 22.4 Å². The highest BCUT2D eigenvalue weighted by molar-refractivity contribution is 9.10. The second kappa shape index (κ2) is 7.72. The summed E-state index contributed by atoms with van der Waals surface area (Å²) in [6, 6.07) is 7.34. The molecule has 21 heavy (non-hydrogen) atoms. The molecule has 1 N–H and O–H groups in total. The summed E-state index contributed by atoms with van der Waals surface area (Å²) >= 11 is 3.32. The molecular formula is C15H23BrN2O2S. The molecule has 1 saturated heterocycles. The molecule has 1 aromatic carbocycles. The fourth-order valence-corrected chi connectivity index (χ4v) is 4.19. The minimum absolute atomic E-state index is 0.165. The van der Waals surface area contributed by atoms with E-state index < -0.39 is 9.84 Å². The first kappa shape index (κ1) is 16.9. The molecule has 6 heteroatoms. The topological polar surface area (TPSA) is 49.4 Å². The summed E-state index contributed by atoms with van der Waals surface area (Å²) in [7, 11) is -1.20. The van der Waals surface area contributed by atoms with Crippen molar-refractivity contribution in [1.29, 1.82) is 0 Å². The first-order chi connectivity index (χ1) is 9.97. The van der Waals surface area contributed by atoms with E-state index in [-0.39, 0.29) is 5.75 Å². The SMILES string of the molecule is CN(CCS(=O)(=O)c1ccc(Br)cc1)CC1CCCCN1. The van der Waals surface area contributed by atoms with Gasteiger partial charge in [-0.25, -0.2) is 8.42 Å². The highest BCUT2D eigenvalue weighted by Gasteiger charge is 2.18. The lowest BCUT2D eigenvalue weighted by Gasteiger charge is -2.28. The summed E-state index contributed by atoms with van der Waals surface area (Å²) in [6.45, 7) is 2.56. The van der Waals surface area contributed by atoms with E-state index in [1.165, 1.54) is 19.3 Å². The van der Waals surface area contributed by atoms with Crippen molar-refractivity contribution >= 4 is 25.8 Å². The maximum Gasteiger partial charge on any atom is 0.179 e. The molecule has 1 aliphatic heterocycles. The van der Waals surface area contributed by atoms with Crippen LogP contribution in [0.15, 0.2) is 33.6 Å². The summed E-state index contributed by atoms with van der Waals surface area (Å²) in [4.78, 5) is 2.51. The summed E-state index contributed by atoms with van der Waals surface area (Å²) < 4.78 is 25.5. The van der Waals surface area contributed by atoms with Crippen LogP contribution in [0.2, 0.25) is 0 Å². The van der Waals surface area contributed by atoms with Crippen molar-refractivity contribution in [1.82, 2.24) is 10.2 Å². The van der Waals surface area contributed by atoms with Crippen molar-refractivity contribution in [3.63, 3.8) is 0 Å². The molecule has 1 aromatic rings. The van der Waals surface area contributed by atoms with E-state index in [1.54, 1.807) is 24.3 Å². The number of piperidine rings is 1. The zero-order valence-electron chi connectivity index (χ0n) is 12.4. The van der Waals surface area contributed by atoms with Crippen molar-refractivity contribution < 1.29 is 8.42 Å². The average molecular weight is 375 g/mol. The van der Waals surface area contributed by atoms with Crippen molar-refractivity contribution in [2.24, 2.45) is 0 Å². The third-order valence-electron chi connectivity index (χ3n) is 3.86. The Bertz CT molecular complexity index is 539. The molecule has 0 aliphatic carbocycles. The van der Waals surface area contributed by atoms with Crippen LogP contribution in [0.3, 0.4) is 0 Å². The molecule has 1 heterocycles. The number of nitrogens with one attached hydrogen (secondary N) is 1. The molecule has 0 radical (unpaired) electrons. The fraction of sp³-hybridized carbons (Fsp3) is 0.600. The summed E-state index contributed by atoms with van der Waals surface area (Å²) in [5.74, 6) is 0.165. The zero-order valence-corrected chi connectivity index (χ0v) is 14.8. The van der Waals surface area contributed by atoms with E-state index in [0.29, 0.717) is 17.5 Å². The third-order valence-corrected chi connectivity index (χ3v) is 6.10. The molecule has 0 spiro atoms. The summed E-state index contributed by atoms with van der Waals surface area (Å²) in [5, 5.41) is 3.49. The monoisotopic (exact) mass is 374 g/mol. The van der Waals surface area contributed by atoms with Crippen LogP contribution >= 0.6 is 15.9 Å². The quantitative estimate of drug-likeness (QED) is 0.829. The van der Waals surface area contributed by atoms with Crippen LogP contribution in [0.25, 0.3) is 0 Å². The van der Waals surface area contributed by atoms with Gasteiger partial charge in [0.2, 0.25) is 0 Å². The number of nitrogens with zero attached hydrogens (tertiary/aromatic N) is 1. The van der Waals surface area contributed by atoms with Gasteiger partial charge < -0.3 is 10.2 Å².